The van der Waals surface area contributed by atoms with Gasteiger partial charge in [0.25, 0.3) is 0 Å². The molecule has 1 unspecified atom stereocenters. The summed E-state index contributed by atoms with van der Waals surface area (Å²) >= 11 is 1.56. The van der Waals surface area contributed by atoms with Gasteiger partial charge in [-0.25, -0.2) is 4.98 Å². The molecule has 0 bridgehead atoms. The Labute approximate surface area is 135 Å². The number of anilines is 2. The summed E-state index contributed by atoms with van der Waals surface area (Å²) in [5, 5.41) is 4.17. The van der Waals surface area contributed by atoms with Crippen LogP contribution in [0.4, 0.5) is 10.8 Å². The number of rotatable bonds is 5. The number of hydrogen-bond acceptors (Lipinski definition) is 5. The van der Waals surface area contributed by atoms with Crippen LogP contribution < -0.4 is 16.0 Å². The molecule has 2 aromatic rings. The number of thiazole rings is 1. The van der Waals surface area contributed by atoms with Crippen LogP contribution in [0.3, 0.4) is 0 Å². The van der Waals surface area contributed by atoms with Crippen molar-refractivity contribution in [3.05, 3.63) is 41.4 Å². The third-order valence-corrected chi connectivity index (χ3v) is 4.54. The van der Waals surface area contributed by atoms with E-state index in [4.69, 9.17) is 5.73 Å². The highest BCUT2D eigenvalue weighted by Gasteiger charge is 2.22. The first kappa shape index (κ1) is 16.1. The van der Waals surface area contributed by atoms with Gasteiger partial charge in [-0.3, -0.25) is 0 Å². The van der Waals surface area contributed by atoms with Crippen LogP contribution in [0.2, 0.25) is 0 Å². The summed E-state index contributed by atoms with van der Waals surface area (Å²) in [6.07, 6.45) is 3.12. The Hall–Kier alpha value is -1.30. The van der Waals surface area contributed by atoms with Gasteiger partial charge in [-0.1, -0.05) is 18.2 Å². The fourth-order valence-corrected chi connectivity index (χ4v) is 3.33. The van der Waals surface area contributed by atoms with Crippen LogP contribution in [0.25, 0.3) is 0 Å². The van der Waals surface area contributed by atoms with Gasteiger partial charge in [0.15, 0.2) is 5.13 Å². The van der Waals surface area contributed by atoms with Crippen LogP contribution in [-0.4, -0.2) is 24.6 Å². The van der Waals surface area contributed by atoms with E-state index in [1.807, 2.05) is 6.20 Å². The quantitative estimate of drug-likeness (QED) is 0.888. The third-order valence-electron chi connectivity index (χ3n) is 3.71. The molecule has 1 saturated heterocycles. The number of para-hydroxylation sites is 1. The number of nitrogens with two attached hydrogens (primary N) is 1. The van der Waals surface area contributed by atoms with E-state index in [1.165, 1.54) is 17.0 Å². The first-order chi connectivity index (χ1) is 9.81. The second-order valence-corrected chi connectivity index (χ2v) is 6.38. The number of aromatic nitrogens is 1. The van der Waals surface area contributed by atoms with Crippen molar-refractivity contribution < 1.29 is 0 Å². The lowest BCUT2D eigenvalue weighted by Crippen LogP contribution is -2.25. The third kappa shape index (κ3) is 4.33. The van der Waals surface area contributed by atoms with Crippen LogP contribution >= 0.6 is 23.7 Å². The highest BCUT2D eigenvalue weighted by Crippen LogP contribution is 2.23. The molecule has 6 heteroatoms. The van der Waals surface area contributed by atoms with Gasteiger partial charge in [-0.2, -0.15) is 0 Å². The standard InChI is InChI=1S/C15H20N4S.ClH/c16-15-18-10-14(20-15)9-17-8-12-6-7-19(11-12)13-4-2-1-3-5-13;/h1-5,10,12,17H,6-9,11H2,(H2,16,18);1H. The smallest absolute Gasteiger partial charge is 0.180 e. The minimum atomic E-state index is 0. The van der Waals surface area contributed by atoms with Gasteiger partial charge in [0.1, 0.15) is 0 Å². The van der Waals surface area contributed by atoms with E-state index in [2.05, 4.69) is 45.5 Å². The van der Waals surface area contributed by atoms with Crippen molar-refractivity contribution in [2.24, 2.45) is 5.92 Å². The van der Waals surface area contributed by atoms with Crippen molar-refractivity contribution in [3.8, 4) is 0 Å². The average Bonchev–Trinajstić information content (AvgIpc) is 3.09. The maximum atomic E-state index is 5.63. The molecule has 0 saturated carbocycles. The molecule has 1 aromatic carbocycles. The van der Waals surface area contributed by atoms with Crippen molar-refractivity contribution in [1.29, 1.82) is 0 Å². The predicted molar refractivity (Wildman–Crippen MR) is 92.2 cm³/mol. The van der Waals surface area contributed by atoms with Crippen LogP contribution in [0.5, 0.6) is 0 Å². The fourth-order valence-electron chi connectivity index (χ4n) is 2.68. The number of hydrogen-bond donors (Lipinski definition) is 2. The van der Waals surface area contributed by atoms with Crippen molar-refractivity contribution in [2.75, 3.05) is 30.3 Å². The summed E-state index contributed by atoms with van der Waals surface area (Å²) in [6, 6.07) is 10.7. The summed E-state index contributed by atoms with van der Waals surface area (Å²) < 4.78 is 0. The molecule has 1 aliphatic rings. The molecule has 0 amide bonds. The van der Waals surface area contributed by atoms with Gasteiger partial charge in [0.05, 0.1) is 0 Å². The van der Waals surface area contributed by atoms with Gasteiger partial charge in [-0.15, -0.1) is 23.7 Å². The first-order valence-electron chi connectivity index (χ1n) is 7.02. The van der Waals surface area contributed by atoms with Crippen LogP contribution in [0.1, 0.15) is 11.3 Å². The maximum absolute atomic E-state index is 5.63. The molecule has 114 valence electrons. The van der Waals surface area contributed by atoms with E-state index in [9.17, 15) is 0 Å². The molecule has 3 rings (SSSR count). The number of nitrogens with one attached hydrogen (secondary N) is 1. The molecule has 1 aromatic heterocycles. The molecule has 1 fully saturated rings. The number of nitrogen functional groups attached to an aromatic ring is 1. The molecular formula is C15H21ClN4S. The van der Waals surface area contributed by atoms with Crippen molar-refractivity contribution in [2.45, 2.75) is 13.0 Å². The van der Waals surface area contributed by atoms with E-state index in [-0.39, 0.29) is 12.4 Å². The Morgan fingerprint density at radius 1 is 1.33 bits per heavy atom. The Kier molecular flexibility index (Phi) is 5.85. The molecule has 2 heterocycles. The van der Waals surface area contributed by atoms with Crippen molar-refractivity contribution >= 4 is 34.6 Å². The van der Waals surface area contributed by atoms with Gasteiger partial charge in [-0.05, 0) is 24.5 Å². The monoisotopic (exact) mass is 324 g/mol. The first-order valence-corrected chi connectivity index (χ1v) is 7.84. The fraction of sp³-hybridized carbons (Fsp3) is 0.400. The summed E-state index contributed by atoms with van der Waals surface area (Å²) in [5.41, 5.74) is 6.97. The van der Waals surface area contributed by atoms with Gasteiger partial charge in [0.2, 0.25) is 0 Å². The molecule has 1 atom stereocenters. The highest BCUT2D eigenvalue weighted by atomic mass is 35.5. The lowest BCUT2D eigenvalue weighted by atomic mass is 10.1. The van der Waals surface area contributed by atoms with Crippen LogP contribution in [0.15, 0.2) is 36.5 Å². The Morgan fingerprint density at radius 3 is 2.86 bits per heavy atom. The van der Waals surface area contributed by atoms with E-state index in [0.29, 0.717) is 5.13 Å². The molecule has 3 N–H and O–H groups in total. The average molecular weight is 325 g/mol. The van der Waals surface area contributed by atoms with Crippen LogP contribution in [0, 0.1) is 5.92 Å². The summed E-state index contributed by atoms with van der Waals surface area (Å²) in [4.78, 5) is 7.74. The minimum Gasteiger partial charge on any atom is -0.375 e. The number of nitrogens with zero attached hydrogens (tertiary/aromatic N) is 2. The summed E-state index contributed by atoms with van der Waals surface area (Å²) in [7, 11) is 0. The molecule has 4 nitrogen and oxygen atoms in total. The zero-order valence-electron chi connectivity index (χ0n) is 11.9. The van der Waals surface area contributed by atoms with Crippen LogP contribution in [-0.2, 0) is 6.54 Å². The van der Waals surface area contributed by atoms with E-state index >= 15 is 0 Å². The lowest BCUT2D eigenvalue weighted by molar-refractivity contribution is 0.518. The Morgan fingerprint density at radius 2 is 2.14 bits per heavy atom. The van der Waals surface area contributed by atoms with Crippen molar-refractivity contribution in [1.82, 2.24) is 10.3 Å². The predicted octanol–water partition coefficient (Wildman–Crippen LogP) is 2.76. The normalized spacial score (nSPS) is 17.7. The highest BCUT2D eigenvalue weighted by molar-refractivity contribution is 7.15. The second-order valence-electron chi connectivity index (χ2n) is 5.23. The molecular weight excluding hydrogens is 304 g/mol. The van der Waals surface area contributed by atoms with E-state index < -0.39 is 0 Å². The molecule has 1 aliphatic heterocycles. The summed E-state index contributed by atoms with van der Waals surface area (Å²) in [5.74, 6) is 0.723. The Balaban J connectivity index is 0.00000161. The largest absolute Gasteiger partial charge is 0.375 e. The van der Waals surface area contributed by atoms with Gasteiger partial charge in [0, 0.05) is 42.9 Å². The maximum Gasteiger partial charge on any atom is 0.180 e. The summed E-state index contributed by atoms with van der Waals surface area (Å²) in [6.45, 7) is 4.23. The molecule has 0 aliphatic carbocycles. The zero-order chi connectivity index (χ0) is 13.8. The van der Waals surface area contributed by atoms with E-state index in [1.54, 1.807) is 11.3 Å². The van der Waals surface area contributed by atoms with Gasteiger partial charge < -0.3 is 16.0 Å². The molecule has 0 radical (unpaired) electrons. The SMILES string of the molecule is Cl.Nc1ncc(CNCC2CCN(c3ccccc3)C2)s1. The molecule has 21 heavy (non-hydrogen) atoms. The topological polar surface area (TPSA) is 54.2 Å². The van der Waals surface area contributed by atoms with E-state index in [0.717, 1.165) is 32.1 Å². The Bertz CT molecular complexity index is 546. The molecule has 0 spiro atoms. The number of halogens is 1. The zero-order valence-corrected chi connectivity index (χ0v) is 13.5. The minimum absolute atomic E-state index is 0. The van der Waals surface area contributed by atoms with Gasteiger partial charge >= 0.3 is 0 Å². The van der Waals surface area contributed by atoms with Crippen molar-refractivity contribution in [3.63, 3.8) is 0 Å². The lowest BCUT2D eigenvalue weighted by Gasteiger charge is -2.18. The second kappa shape index (κ2) is 7.64. The number of benzene rings is 1.